The maximum Gasteiger partial charge on any atom is 0.222 e. The Bertz CT molecular complexity index is 1850. The van der Waals surface area contributed by atoms with Gasteiger partial charge in [0.25, 0.3) is 0 Å². The third-order valence-corrected chi connectivity index (χ3v) is 14.5. The second kappa shape index (κ2) is 46.6. The summed E-state index contributed by atoms with van der Waals surface area (Å²) in [7, 11) is 0. The molecule has 0 unspecified atom stereocenters. The van der Waals surface area contributed by atoms with Gasteiger partial charge in [-0.05, 0) is 132 Å². The van der Waals surface area contributed by atoms with Gasteiger partial charge in [0.2, 0.25) is 5.91 Å². The summed E-state index contributed by atoms with van der Waals surface area (Å²) in [5, 5.41) is 10.3. The van der Waals surface area contributed by atoms with E-state index in [0.717, 1.165) is 65.0 Å². The van der Waals surface area contributed by atoms with Crippen LogP contribution in [-0.4, -0.2) is 185 Å². The van der Waals surface area contributed by atoms with Crippen LogP contribution >= 0.6 is 0 Å². The zero-order valence-electron chi connectivity index (χ0n) is 55.9. The quantitative estimate of drug-likeness (QED) is 0.0669. The Labute approximate surface area is 496 Å². The Morgan fingerprint density at radius 1 is 0.481 bits per heavy atom. The Morgan fingerprint density at radius 2 is 0.815 bits per heavy atom. The van der Waals surface area contributed by atoms with E-state index in [1.165, 1.54) is 12.0 Å². The van der Waals surface area contributed by atoms with Crippen molar-refractivity contribution in [3.8, 4) is 0 Å². The van der Waals surface area contributed by atoms with Crippen molar-refractivity contribution >= 4 is 40.8 Å². The molecule has 1 aromatic rings. The molecule has 15 nitrogen and oxygen atoms in total. The summed E-state index contributed by atoms with van der Waals surface area (Å²) < 4.78 is 0. The number of hydrogen-bond acceptors (Lipinski definition) is 14. The molecule has 1 aromatic carbocycles. The predicted molar refractivity (Wildman–Crippen MR) is 336 cm³/mol. The van der Waals surface area contributed by atoms with Crippen molar-refractivity contribution in [2.75, 3.05) is 85.1 Å². The molecule has 0 radical (unpaired) electrons. The van der Waals surface area contributed by atoms with E-state index in [9.17, 15) is 38.7 Å². The second-order valence-electron chi connectivity index (χ2n) is 25.4. The number of rotatable bonds is 36. The second-order valence-corrected chi connectivity index (χ2v) is 25.4. The highest BCUT2D eigenvalue weighted by Crippen LogP contribution is 2.13. The molecule has 0 atom stereocenters. The van der Waals surface area contributed by atoms with Crippen molar-refractivity contribution in [1.29, 1.82) is 0 Å². The van der Waals surface area contributed by atoms with Gasteiger partial charge in [0.1, 0.15) is 28.9 Å². The monoisotopic (exact) mass is 1140 g/mol. The first-order valence-corrected chi connectivity index (χ1v) is 31.1. The van der Waals surface area contributed by atoms with Gasteiger partial charge >= 0.3 is 0 Å². The first-order chi connectivity index (χ1) is 37.6. The van der Waals surface area contributed by atoms with E-state index in [0.29, 0.717) is 105 Å². The number of amides is 1. The smallest absolute Gasteiger partial charge is 0.222 e. The molecule has 472 valence electrons. The van der Waals surface area contributed by atoms with E-state index < -0.39 is 5.97 Å². The van der Waals surface area contributed by atoms with Crippen LogP contribution < -0.4 is 10.8 Å². The van der Waals surface area contributed by atoms with Crippen LogP contribution in [-0.2, 0) is 40.0 Å². The summed E-state index contributed by atoms with van der Waals surface area (Å²) in [6, 6.07) is 12.3. The zero-order valence-corrected chi connectivity index (χ0v) is 55.9. The number of benzene rings is 1. The number of carboxylic acids is 1. The molecule has 2 rings (SSSR count). The summed E-state index contributed by atoms with van der Waals surface area (Å²) in [6.07, 6.45) is 5.77. The number of ketones is 5. The fourth-order valence-electron chi connectivity index (χ4n) is 7.79. The topological polar surface area (TPSA) is 188 Å². The van der Waals surface area contributed by atoms with E-state index in [2.05, 4.69) is 113 Å². The number of likely N-dealkylation sites (tertiary alicyclic amines) is 1. The summed E-state index contributed by atoms with van der Waals surface area (Å²) in [4.78, 5) is 92.9. The number of carbonyl (C=O) groups is 7. The van der Waals surface area contributed by atoms with Crippen LogP contribution in [0.1, 0.15) is 196 Å². The molecule has 0 spiro atoms. The van der Waals surface area contributed by atoms with Gasteiger partial charge in [-0.1, -0.05) is 113 Å². The molecule has 0 aliphatic carbocycles. The van der Waals surface area contributed by atoms with Crippen molar-refractivity contribution in [3.05, 3.63) is 35.9 Å². The van der Waals surface area contributed by atoms with Crippen molar-refractivity contribution in [3.63, 3.8) is 0 Å². The number of nitrogens with zero attached hydrogens (tertiary/aromatic N) is 6. The lowest BCUT2D eigenvalue weighted by molar-refractivity contribution is -0.306. The van der Waals surface area contributed by atoms with Crippen LogP contribution in [0.4, 0.5) is 0 Å². The number of nitrogens with two attached hydrogens (primary N) is 1. The maximum absolute atomic E-state index is 11.8. The Morgan fingerprint density at radius 3 is 1.11 bits per heavy atom. The van der Waals surface area contributed by atoms with Gasteiger partial charge in [-0.2, -0.15) is 0 Å². The summed E-state index contributed by atoms with van der Waals surface area (Å²) in [5.41, 5.74) is 6.79. The standard InChI is InChI=1S/C16H25NO.C15H28N2O2.C13H27NO.C11H24N2O.C11H21NO3/c1-13(2)16(18)12-17(14(3)4)11-10-15-8-6-5-7-9-15;1-12(2)14(18)11-17(13(3)4)10-6-9-16-8-5-7-15(16)19;1-10(2)7-8-14(12(5)6)9-13(15)11(3)4;1-9(2)11(14)8-13(10(3)4)7-5-6-12;1-8(2)10(13)7-12(9(3)4)6-5-11(14)15/h5-9,13-14H,10-12H2,1-4H3;12-13H,5-11H2,1-4H3;10-12H,7-9H2,1-6H3;9-10H,5-8,12H2,1-4H3;8-9H,5-7H2,1-4H3,(H,14,15)/p-1. The molecule has 15 heteroatoms. The van der Waals surface area contributed by atoms with E-state index in [-0.39, 0.29) is 53.7 Å². The van der Waals surface area contributed by atoms with Crippen LogP contribution in [0.25, 0.3) is 0 Å². The SMILES string of the molecule is CC(C)C(=O)CN(CCC(=O)[O-])C(C)C.CC(C)C(=O)CN(CCCN)C(C)C.CC(C)C(=O)CN(CCCN1CCCC1=O)C(C)C.CC(C)C(=O)CN(CCc1ccccc1)C(C)C.CC(C)CCN(CC(=O)C(C)C)C(C)C. The number of Topliss-reactive ketones (excluding diaryl/α,β-unsaturated/α-hetero) is 5. The van der Waals surface area contributed by atoms with Crippen LogP contribution in [0.5, 0.6) is 0 Å². The fourth-order valence-corrected chi connectivity index (χ4v) is 7.79. The minimum Gasteiger partial charge on any atom is -0.550 e. The van der Waals surface area contributed by atoms with Crippen LogP contribution in [0, 0.1) is 35.5 Å². The molecular formula is C66H124N7O8-. The third kappa shape index (κ3) is 42.7. The largest absolute Gasteiger partial charge is 0.550 e. The molecule has 1 heterocycles. The molecule has 1 saturated heterocycles. The van der Waals surface area contributed by atoms with E-state index in [1.54, 1.807) is 0 Å². The van der Waals surface area contributed by atoms with Crippen molar-refractivity contribution in [1.82, 2.24) is 29.4 Å². The molecule has 0 saturated carbocycles. The zero-order chi connectivity index (χ0) is 63.1. The lowest BCUT2D eigenvalue weighted by Crippen LogP contribution is -2.40. The summed E-state index contributed by atoms with van der Waals surface area (Å²) in [5.74, 6) is 1.87. The van der Waals surface area contributed by atoms with Gasteiger partial charge in [0.05, 0.1) is 32.7 Å². The van der Waals surface area contributed by atoms with Gasteiger partial charge in [0, 0.05) is 111 Å². The van der Waals surface area contributed by atoms with Crippen molar-refractivity contribution in [2.45, 2.75) is 227 Å². The van der Waals surface area contributed by atoms with E-state index in [4.69, 9.17) is 5.73 Å². The Kier molecular flexibility index (Phi) is 46.9. The van der Waals surface area contributed by atoms with Crippen LogP contribution in [0.15, 0.2) is 30.3 Å². The molecule has 0 aromatic heterocycles. The fraction of sp³-hybridized carbons (Fsp3) is 0.803. The summed E-state index contributed by atoms with van der Waals surface area (Å²) >= 11 is 0. The normalized spacial score (nSPS) is 12.7. The third-order valence-electron chi connectivity index (χ3n) is 14.5. The molecule has 1 fully saturated rings. The highest BCUT2D eigenvalue weighted by molar-refractivity contribution is 5.84. The van der Waals surface area contributed by atoms with Gasteiger partial charge in [-0.15, -0.1) is 0 Å². The average molecular weight is 1140 g/mol. The van der Waals surface area contributed by atoms with Gasteiger partial charge < -0.3 is 20.5 Å². The van der Waals surface area contributed by atoms with Crippen molar-refractivity contribution < 1.29 is 38.7 Å². The predicted octanol–water partition coefficient (Wildman–Crippen LogP) is 9.40. The minimum atomic E-state index is -1.07. The molecule has 1 amide bonds. The first kappa shape index (κ1) is 81.5. The molecule has 2 N–H and O–H groups in total. The highest BCUT2D eigenvalue weighted by atomic mass is 16.4. The lowest BCUT2D eigenvalue weighted by atomic mass is 10.1. The average Bonchev–Trinajstić information content (AvgIpc) is 3.79. The van der Waals surface area contributed by atoms with Crippen LogP contribution in [0.3, 0.4) is 0 Å². The molecule has 81 heavy (non-hydrogen) atoms. The number of carboxylic acid groups (broad SMARTS) is 1. The number of aliphatic carboxylic acids is 1. The maximum atomic E-state index is 11.8. The Balaban J connectivity index is -0.000000944. The van der Waals surface area contributed by atoms with Crippen LogP contribution in [0.2, 0.25) is 0 Å². The van der Waals surface area contributed by atoms with Gasteiger partial charge in [-0.3, -0.25) is 53.3 Å². The summed E-state index contributed by atoms with van der Waals surface area (Å²) in [6.45, 7) is 54.0. The highest BCUT2D eigenvalue weighted by Gasteiger charge is 2.23. The van der Waals surface area contributed by atoms with E-state index >= 15 is 0 Å². The van der Waals surface area contributed by atoms with Gasteiger partial charge in [0.15, 0.2) is 0 Å². The minimum absolute atomic E-state index is 0.00537. The molecular weight excluding hydrogens is 1020 g/mol. The molecule has 1 aliphatic heterocycles. The Hall–Kier alpha value is -3.73. The molecule has 1 aliphatic rings. The van der Waals surface area contributed by atoms with Gasteiger partial charge in [-0.25, -0.2) is 0 Å². The first-order valence-electron chi connectivity index (χ1n) is 31.1. The van der Waals surface area contributed by atoms with E-state index in [1.807, 2.05) is 99.0 Å². The number of hydrogen-bond donors (Lipinski definition) is 1. The molecule has 0 bridgehead atoms. The number of carbonyl (C=O) groups excluding carboxylic acids is 7. The van der Waals surface area contributed by atoms with Crippen molar-refractivity contribution in [2.24, 2.45) is 41.2 Å². The lowest BCUT2D eigenvalue weighted by Gasteiger charge is -2.27.